The molecule has 14 nitrogen and oxygen atoms in total. The van der Waals surface area contributed by atoms with Crippen molar-refractivity contribution in [2.45, 2.75) is 70.3 Å². The molecule has 3 amide bonds. The number of imidazole rings is 1. The largest absolute Gasteiger partial charge is 0.465 e. The molecule has 0 bridgehead atoms. The van der Waals surface area contributed by atoms with Crippen molar-refractivity contribution >= 4 is 40.8 Å². The van der Waals surface area contributed by atoms with E-state index in [2.05, 4.69) is 30.9 Å². The molecule has 44 heavy (non-hydrogen) atoms. The average molecular weight is 612 g/mol. The fourth-order valence-electron chi connectivity index (χ4n) is 5.38. The van der Waals surface area contributed by atoms with Crippen LogP contribution in [0.3, 0.4) is 0 Å². The normalized spacial score (nSPS) is 18.5. The first-order valence-electron chi connectivity index (χ1n) is 14.4. The Balaban J connectivity index is 1.52. The molecule has 4 N–H and O–H groups in total. The van der Waals surface area contributed by atoms with Crippen LogP contribution in [0.15, 0.2) is 24.8 Å². The van der Waals surface area contributed by atoms with Crippen LogP contribution >= 0.6 is 0 Å². The maximum Gasteiger partial charge on any atom is 0.410 e. The van der Waals surface area contributed by atoms with Gasteiger partial charge >= 0.3 is 12.2 Å². The summed E-state index contributed by atoms with van der Waals surface area (Å²) in [4.78, 5) is 54.3. The number of nitrogens with one attached hydrogen (secondary N) is 3. The summed E-state index contributed by atoms with van der Waals surface area (Å²) in [6.07, 6.45) is 2.85. The van der Waals surface area contributed by atoms with Crippen LogP contribution in [0.5, 0.6) is 0 Å². The minimum absolute atomic E-state index is 0.0356. The highest BCUT2D eigenvalue weighted by Gasteiger charge is 2.48. The number of hydrogen-bond acceptors (Lipinski definition) is 9. The summed E-state index contributed by atoms with van der Waals surface area (Å²) in [5.74, 6) is -0.636. The highest BCUT2D eigenvalue weighted by atomic mass is 19.1. The van der Waals surface area contributed by atoms with E-state index in [1.54, 1.807) is 31.4 Å². The predicted octanol–water partition coefficient (Wildman–Crippen LogP) is 2.92. The van der Waals surface area contributed by atoms with Crippen LogP contribution in [0.2, 0.25) is 0 Å². The van der Waals surface area contributed by atoms with Crippen molar-refractivity contribution in [1.29, 1.82) is 0 Å². The molecular formula is C29H38FN9O5. The Morgan fingerprint density at radius 1 is 1.16 bits per heavy atom. The Labute approximate surface area is 254 Å². The number of nitrogens with zero attached hydrogens (tertiary/aromatic N) is 6. The first-order valence-corrected chi connectivity index (χ1v) is 14.4. The molecule has 0 spiro atoms. The quantitative estimate of drug-likeness (QED) is 0.283. The van der Waals surface area contributed by atoms with Gasteiger partial charge in [0.15, 0.2) is 17.0 Å². The number of fused-ring (bicyclic) bond motifs is 1. The lowest BCUT2D eigenvalue weighted by Gasteiger charge is -2.32. The van der Waals surface area contributed by atoms with E-state index < -0.39 is 29.1 Å². The van der Waals surface area contributed by atoms with Crippen LogP contribution in [-0.4, -0.2) is 92.0 Å². The molecule has 3 aromatic rings. The van der Waals surface area contributed by atoms with E-state index in [1.165, 1.54) is 18.7 Å². The fraction of sp³-hybridized carbons (Fsp3) is 0.517. The minimum Gasteiger partial charge on any atom is -0.465 e. The predicted molar refractivity (Wildman–Crippen MR) is 160 cm³/mol. The molecule has 3 heterocycles. The van der Waals surface area contributed by atoms with E-state index in [4.69, 9.17) is 4.74 Å². The second kappa shape index (κ2) is 11.9. The van der Waals surface area contributed by atoms with Gasteiger partial charge in [-0.3, -0.25) is 10.1 Å². The number of anilines is 2. The van der Waals surface area contributed by atoms with E-state index in [0.29, 0.717) is 42.0 Å². The number of carbonyl (C=O) groups excluding carboxylic acids is 2. The lowest BCUT2D eigenvalue weighted by Crippen LogP contribution is -2.61. The smallest absolute Gasteiger partial charge is 0.410 e. The number of carboxylic acid groups (broad SMARTS) is 1. The zero-order chi connectivity index (χ0) is 31.8. The van der Waals surface area contributed by atoms with Crippen LogP contribution in [0.1, 0.15) is 51.2 Å². The summed E-state index contributed by atoms with van der Waals surface area (Å²) < 4.78 is 22.7. The Kier molecular flexibility index (Phi) is 8.34. The van der Waals surface area contributed by atoms with Gasteiger partial charge < -0.3 is 34.8 Å². The number of halogens is 1. The highest BCUT2D eigenvalue weighted by molar-refractivity contribution is 5.93. The summed E-state index contributed by atoms with van der Waals surface area (Å²) in [7, 11) is 3.68. The first kappa shape index (κ1) is 30.9. The molecule has 236 valence electrons. The number of carbonyl (C=O) groups is 3. The van der Waals surface area contributed by atoms with Gasteiger partial charge in [-0.05, 0) is 66.3 Å². The number of ether oxygens (including phenoxy) is 1. The molecule has 15 heteroatoms. The van der Waals surface area contributed by atoms with Gasteiger partial charge in [-0.15, -0.1) is 0 Å². The zero-order valence-electron chi connectivity index (χ0n) is 25.5. The van der Waals surface area contributed by atoms with E-state index in [-0.39, 0.29) is 36.4 Å². The summed E-state index contributed by atoms with van der Waals surface area (Å²) in [5.41, 5.74) is 0.382. The number of hydrogen-bond donors (Lipinski definition) is 4. The van der Waals surface area contributed by atoms with Crippen LogP contribution < -0.4 is 20.9 Å². The third-order valence-corrected chi connectivity index (χ3v) is 7.48. The van der Waals surface area contributed by atoms with Crippen molar-refractivity contribution in [2.75, 3.05) is 37.4 Å². The third kappa shape index (κ3) is 6.82. The maximum atomic E-state index is 15.5. The number of alkyl carbamates (subject to hydrolysis) is 1. The van der Waals surface area contributed by atoms with Crippen LogP contribution in [-0.2, 0) is 22.6 Å². The van der Waals surface area contributed by atoms with Crippen LogP contribution in [0.4, 0.5) is 25.5 Å². The average Bonchev–Trinajstić information content (AvgIpc) is 3.47. The van der Waals surface area contributed by atoms with Crippen molar-refractivity contribution in [1.82, 2.24) is 35.1 Å². The fourth-order valence-corrected chi connectivity index (χ4v) is 5.38. The molecule has 0 radical (unpaired) electrons. The number of rotatable bonds is 9. The van der Waals surface area contributed by atoms with Gasteiger partial charge in [-0.1, -0.05) is 0 Å². The third-order valence-electron chi connectivity index (χ3n) is 7.48. The number of amides is 3. The molecule has 1 aromatic carbocycles. The molecule has 1 saturated carbocycles. The first-order chi connectivity index (χ1) is 20.7. The molecule has 1 aliphatic carbocycles. The standard InChI is InChI=1S/C29H38FN9O5/c1-28(2,3)44-27(43)36-29(25(40)34-17-6-7-17)10-11-38(14-29)21-9-8-20(30)18(12-37(4)5)19(21)13-39-16-33-22-23(35-26(41)42)31-15-32-24(22)39/h8-9,15-17H,6-7,10-14H2,1-5H3,(H,34,40)(H,36,43)(H,41,42)(H,31,32,35)/t29-/m1/s1. The molecule has 1 atom stereocenters. The van der Waals surface area contributed by atoms with Gasteiger partial charge in [-0.25, -0.2) is 28.9 Å². The molecular weight excluding hydrogens is 573 g/mol. The summed E-state index contributed by atoms with van der Waals surface area (Å²) in [5, 5.41) is 17.3. The molecule has 2 fully saturated rings. The van der Waals surface area contributed by atoms with Gasteiger partial charge in [0.05, 0.1) is 19.4 Å². The minimum atomic E-state index is -1.29. The lowest BCUT2D eigenvalue weighted by molar-refractivity contribution is -0.127. The van der Waals surface area contributed by atoms with Crippen LogP contribution in [0.25, 0.3) is 11.2 Å². The molecule has 1 aliphatic heterocycles. The maximum absolute atomic E-state index is 15.5. The second-order valence-corrected chi connectivity index (χ2v) is 12.6. The van der Waals surface area contributed by atoms with Crippen molar-refractivity contribution in [3.63, 3.8) is 0 Å². The van der Waals surface area contributed by atoms with Gasteiger partial charge in [0.1, 0.15) is 23.3 Å². The Hall–Kier alpha value is -4.53. The monoisotopic (exact) mass is 611 g/mol. The summed E-state index contributed by atoms with van der Waals surface area (Å²) in [6, 6.07) is 3.17. The van der Waals surface area contributed by atoms with Crippen molar-refractivity contribution in [3.05, 3.63) is 41.7 Å². The molecule has 2 aliphatic rings. The van der Waals surface area contributed by atoms with E-state index in [1.807, 2.05) is 23.9 Å². The zero-order valence-corrected chi connectivity index (χ0v) is 25.5. The molecule has 2 aromatic heterocycles. The Morgan fingerprint density at radius 2 is 1.91 bits per heavy atom. The Bertz CT molecular complexity index is 1580. The van der Waals surface area contributed by atoms with Gasteiger partial charge in [0.25, 0.3) is 0 Å². The summed E-state index contributed by atoms with van der Waals surface area (Å²) >= 11 is 0. The Morgan fingerprint density at radius 3 is 2.57 bits per heavy atom. The van der Waals surface area contributed by atoms with E-state index in [0.717, 1.165) is 12.8 Å². The van der Waals surface area contributed by atoms with Gasteiger partial charge in [0.2, 0.25) is 5.91 Å². The van der Waals surface area contributed by atoms with Crippen molar-refractivity contribution in [2.24, 2.45) is 0 Å². The highest BCUT2D eigenvalue weighted by Crippen LogP contribution is 2.35. The van der Waals surface area contributed by atoms with Gasteiger partial charge in [-0.2, -0.15) is 0 Å². The lowest BCUT2D eigenvalue weighted by atomic mass is 9.97. The molecule has 1 saturated heterocycles. The second-order valence-electron chi connectivity index (χ2n) is 12.6. The number of benzene rings is 1. The SMILES string of the molecule is CN(C)Cc1c(F)ccc(N2CC[C@](NC(=O)OC(C)(C)C)(C(=O)NC3CC3)C2)c1Cn1cnc2c(NC(=O)O)ncnc21. The molecule has 5 rings (SSSR count). The van der Waals surface area contributed by atoms with Crippen LogP contribution in [0, 0.1) is 5.82 Å². The number of aromatic nitrogens is 4. The van der Waals surface area contributed by atoms with E-state index >= 15 is 4.39 Å². The topological polar surface area (TPSA) is 167 Å². The van der Waals surface area contributed by atoms with Gasteiger partial charge in [0, 0.05) is 35.9 Å². The molecule has 0 unspecified atom stereocenters. The van der Waals surface area contributed by atoms with Crippen molar-refractivity contribution < 1.29 is 28.6 Å². The van der Waals surface area contributed by atoms with Crippen molar-refractivity contribution in [3.8, 4) is 0 Å². The summed E-state index contributed by atoms with van der Waals surface area (Å²) in [6.45, 7) is 6.26. The van der Waals surface area contributed by atoms with E-state index in [9.17, 15) is 19.5 Å².